The van der Waals surface area contributed by atoms with Crippen molar-refractivity contribution >= 4 is 23.3 Å². The van der Waals surface area contributed by atoms with E-state index in [0.29, 0.717) is 18.1 Å². The lowest BCUT2D eigenvalue weighted by atomic mass is 9.89. The highest BCUT2D eigenvalue weighted by molar-refractivity contribution is 5.93. The molecule has 0 bridgehead atoms. The van der Waals surface area contributed by atoms with E-state index in [1.807, 2.05) is 12.1 Å². The van der Waals surface area contributed by atoms with Crippen molar-refractivity contribution in [2.24, 2.45) is 0 Å². The van der Waals surface area contributed by atoms with Crippen molar-refractivity contribution in [3.05, 3.63) is 30.0 Å². The summed E-state index contributed by atoms with van der Waals surface area (Å²) in [5.74, 6) is 1.54. The summed E-state index contributed by atoms with van der Waals surface area (Å²) in [6.45, 7) is 3.44. The number of hydrogen-bond acceptors (Lipinski definition) is 7. The van der Waals surface area contributed by atoms with Crippen molar-refractivity contribution in [1.29, 1.82) is 0 Å². The molecule has 0 aromatic carbocycles. The van der Waals surface area contributed by atoms with Crippen molar-refractivity contribution in [2.75, 3.05) is 23.3 Å². The van der Waals surface area contributed by atoms with Gasteiger partial charge in [-0.05, 0) is 37.8 Å². The molecule has 2 fully saturated rings. The Bertz CT molecular complexity index is 929. The molecule has 4 rings (SSSR count). The summed E-state index contributed by atoms with van der Waals surface area (Å²) in [6, 6.07) is 3.71. The number of amides is 2. The Morgan fingerprint density at radius 1 is 1.12 bits per heavy atom. The van der Waals surface area contributed by atoms with Gasteiger partial charge in [0.25, 0.3) is 0 Å². The van der Waals surface area contributed by atoms with Gasteiger partial charge in [0.15, 0.2) is 11.6 Å². The third-order valence-corrected chi connectivity index (χ3v) is 6.30. The van der Waals surface area contributed by atoms with Gasteiger partial charge in [0, 0.05) is 39.1 Å². The quantitative estimate of drug-likeness (QED) is 0.635. The average Bonchev–Trinajstić information content (AvgIpc) is 3.43. The van der Waals surface area contributed by atoms with Crippen LogP contribution in [0.5, 0.6) is 0 Å². The summed E-state index contributed by atoms with van der Waals surface area (Å²) in [4.78, 5) is 35.7. The van der Waals surface area contributed by atoms with Crippen LogP contribution in [0.3, 0.4) is 0 Å². The molecule has 2 amide bonds. The van der Waals surface area contributed by atoms with Crippen LogP contribution in [0.1, 0.15) is 76.4 Å². The zero-order chi connectivity index (χ0) is 22.4. The first-order valence-corrected chi connectivity index (χ1v) is 11.7. The molecule has 2 aliphatic rings. The number of aromatic nitrogens is 3. The van der Waals surface area contributed by atoms with E-state index in [-0.39, 0.29) is 18.2 Å². The summed E-state index contributed by atoms with van der Waals surface area (Å²) >= 11 is 0. The number of carbonyl (C=O) groups excluding carboxylic acids is 2. The van der Waals surface area contributed by atoms with Crippen LogP contribution in [0.25, 0.3) is 0 Å². The molecule has 0 atom stereocenters. The number of carbonyl (C=O) groups is 2. The van der Waals surface area contributed by atoms with Gasteiger partial charge in [0.05, 0.1) is 5.69 Å². The van der Waals surface area contributed by atoms with Crippen LogP contribution in [-0.4, -0.2) is 40.0 Å². The third kappa shape index (κ3) is 5.26. The predicted molar refractivity (Wildman–Crippen MR) is 120 cm³/mol. The molecule has 0 spiro atoms. The molecule has 1 aliphatic heterocycles. The number of anilines is 2. The van der Waals surface area contributed by atoms with Gasteiger partial charge in [-0.15, -0.1) is 0 Å². The van der Waals surface area contributed by atoms with Gasteiger partial charge in [-0.1, -0.05) is 30.8 Å². The van der Waals surface area contributed by atoms with Crippen molar-refractivity contribution < 1.29 is 14.1 Å². The highest BCUT2D eigenvalue weighted by Gasteiger charge is 2.38. The van der Waals surface area contributed by atoms with Crippen molar-refractivity contribution in [1.82, 2.24) is 20.4 Å². The number of aryl methyl sites for hydroxylation is 1. The zero-order valence-corrected chi connectivity index (χ0v) is 18.7. The minimum atomic E-state index is -0.577. The standard InChI is InChI=1S/C23H32N6O3/c1-17(30)27-23(12-4-2-3-5-13-23)22-26-20(32-28-22)11-10-19(31)25-18-9-8-14-24-21(18)29-15-6-7-16-29/h8-9,14H,2-7,10-13,15-16H2,1H3,(H,25,31)(H,27,30). The Morgan fingerprint density at radius 3 is 2.59 bits per heavy atom. The van der Waals surface area contributed by atoms with Crippen LogP contribution < -0.4 is 15.5 Å². The Morgan fingerprint density at radius 2 is 1.88 bits per heavy atom. The minimum absolute atomic E-state index is 0.0945. The van der Waals surface area contributed by atoms with Gasteiger partial charge >= 0.3 is 0 Å². The Balaban J connectivity index is 1.39. The topological polar surface area (TPSA) is 113 Å². The Hall–Kier alpha value is -2.97. The van der Waals surface area contributed by atoms with E-state index in [2.05, 4.69) is 30.7 Å². The average molecular weight is 441 g/mol. The molecular formula is C23H32N6O3. The van der Waals surface area contributed by atoms with Gasteiger partial charge in [0.2, 0.25) is 17.7 Å². The third-order valence-electron chi connectivity index (χ3n) is 6.30. The molecule has 3 heterocycles. The lowest BCUT2D eigenvalue weighted by Gasteiger charge is -2.30. The van der Waals surface area contributed by atoms with Crippen LogP contribution in [-0.2, 0) is 21.5 Å². The molecule has 172 valence electrons. The number of nitrogens with zero attached hydrogens (tertiary/aromatic N) is 4. The van der Waals surface area contributed by atoms with E-state index < -0.39 is 5.54 Å². The first-order chi connectivity index (χ1) is 15.6. The van der Waals surface area contributed by atoms with Gasteiger partial charge < -0.3 is 20.1 Å². The van der Waals surface area contributed by atoms with Crippen molar-refractivity contribution in [3.8, 4) is 0 Å². The first-order valence-electron chi connectivity index (χ1n) is 11.7. The molecule has 2 aromatic rings. The molecular weight excluding hydrogens is 408 g/mol. The number of pyridine rings is 1. The molecule has 0 radical (unpaired) electrons. The molecule has 32 heavy (non-hydrogen) atoms. The molecule has 2 aromatic heterocycles. The van der Waals surface area contributed by atoms with Crippen LogP contribution in [0.2, 0.25) is 0 Å². The molecule has 1 aliphatic carbocycles. The van der Waals surface area contributed by atoms with Crippen LogP contribution >= 0.6 is 0 Å². The summed E-state index contributed by atoms with van der Waals surface area (Å²) in [5, 5.41) is 10.2. The molecule has 2 N–H and O–H groups in total. The Kier molecular flexibility index (Phi) is 7.02. The smallest absolute Gasteiger partial charge is 0.227 e. The second kappa shape index (κ2) is 10.1. The number of nitrogens with one attached hydrogen (secondary N) is 2. The monoisotopic (exact) mass is 440 g/mol. The highest BCUT2D eigenvalue weighted by Crippen LogP contribution is 2.34. The normalized spacial score (nSPS) is 18.2. The maximum Gasteiger partial charge on any atom is 0.227 e. The maximum atomic E-state index is 12.6. The fraction of sp³-hybridized carbons (Fsp3) is 0.609. The molecule has 1 saturated carbocycles. The van der Waals surface area contributed by atoms with E-state index in [0.717, 1.165) is 76.0 Å². The van der Waals surface area contributed by atoms with Crippen molar-refractivity contribution in [2.45, 2.75) is 76.7 Å². The SMILES string of the molecule is CC(=O)NC1(c2noc(CCC(=O)Nc3cccnc3N3CCCC3)n2)CCCCCC1. The van der Waals surface area contributed by atoms with Crippen molar-refractivity contribution in [3.63, 3.8) is 0 Å². The molecule has 0 unspecified atom stereocenters. The van der Waals surface area contributed by atoms with E-state index in [9.17, 15) is 9.59 Å². The second-order valence-electron chi connectivity index (χ2n) is 8.81. The van der Waals surface area contributed by atoms with E-state index in [4.69, 9.17) is 4.52 Å². The summed E-state index contributed by atoms with van der Waals surface area (Å²) in [6.07, 6.45) is 10.5. The first kappa shape index (κ1) is 22.2. The molecule has 9 heteroatoms. The largest absolute Gasteiger partial charge is 0.355 e. The molecule has 1 saturated heterocycles. The lowest BCUT2D eigenvalue weighted by molar-refractivity contribution is -0.121. The van der Waals surface area contributed by atoms with Gasteiger partial charge in [-0.2, -0.15) is 4.98 Å². The Labute approximate surface area is 188 Å². The summed E-state index contributed by atoms with van der Waals surface area (Å²) < 4.78 is 5.46. The fourth-order valence-electron chi connectivity index (χ4n) is 4.73. The summed E-state index contributed by atoms with van der Waals surface area (Å²) in [7, 11) is 0. The minimum Gasteiger partial charge on any atom is -0.355 e. The van der Waals surface area contributed by atoms with E-state index in [1.165, 1.54) is 6.92 Å². The fourth-order valence-corrected chi connectivity index (χ4v) is 4.73. The number of hydrogen-bond donors (Lipinski definition) is 2. The second-order valence-corrected chi connectivity index (χ2v) is 8.81. The van der Waals surface area contributed by atoms with Crippen LogP contribution in [0, 0.1) is 0 Å². The lowest BCUT2D eigenvalue weighted by Crippen LogP contribution is -2.45. The highest BCUT2D eigenvalue weighted by atomic mass is 16.5. The zero-order valence-electron chi connectivity index (χ0n) is 18.7. The number of rotatable bonds is 7. The summed E-state index contributed by atoms with van der Waals surface area (Å²) in [5.41, 5.74) is 0.154. The van der Waals surface area contributed by atoms with Crippen LogP contribution in [0.15, 0.2) is 22.9 Å². The van der Waals surface area contributed by atoms with Crippen LogP contribution in [0.4, 0.5) is 11.5 Å². The van der Waals surface area contributed by atoms with Gasteiger partial charge in [-0.25, -0.2) is 4.98 Å². The van der Waals surface area contributed by atoms with E-state index in [1.54, 1.807) is 6.20 Å². The predicted octanol–water partition coefficient (Wildman–Crippen LogP) is 3.32. The maximum absolute atomic E-state index is 12.6. The van der Waals surface area contributed by atoms with Gasteiger partial charge in [-0.3, -0.25) is 9.59 Å². The van der Waals surface area contributed by atoms with Gasteiger partial charge in [0.1, 0.15) is 5.54 Å². The van der Waals surface area contributed by atoms with E-state index >= 15 is 0 Å². The molecule has 9 nitrogen and oxygen atoms in total.